The van der Waals surface area contributed by atoms with Gasteiger partial charge in [0.05, 0.1) is 6.07 Å². The largest absolute Gasteiger partial charge is 0.405 e. The lowest BCUT2D eigenvalue weighted by Gasteiger charge is -2.30. The molecular weight excluding hydrogens is 241 g/mol. The minimum absolute atomic E-state index is 0.242. The summed E-state index contributed by atoms with van der Waals surface area (Å²) in [6.07, 6.45) is -3.70. The molecule has 0 saturated carbocycles. The number of hydrogen-bond donors (Lipinski definition) is 0. The zero-order chi connectivity index (χ0) is 13.2. The lowest BCUT2D eigenvalue weighted by molar-refractivity contribution is -0.163. The smallest absolute Gasteiger partial charge is 0.297 e. The molecule has 1 aliphatic heterocycles. The van der Waals surface area contributed by atoms with Crippen molar-refractivity contribution in [2.24, 2.45) is 5.92 Å². The first-order chi connectivity index (χ1) is 8.50. The third-order valence-electron chi connectivity index (χ3n) is 3.20. The first kappa shape index (κ1) is 12.9. The van der Waals surface area contributed by atoms with Gasteiger partial charge in [-0.2, -0.15) is 18.4 Å². The number of alkyl halides is 3. The van der Waals surface area contributed by atoms with Crippen molar-refractivity contribution in [1.29, 1.82) is 5.26 Å². The van der Waals surface area contributed by atoms with Crippen molar-refractivity contribution in [3.05, 3.63) is 35.4 Å². The van der Waals surface area contributed by atoms with E-state index >= 15 is 0 Å². The molecule has 5 heteroatoms. The van der Waals surface area contributed by atoms with Gasteiger partial charge in [-0.1, -0.05) is 24.3 Å². The maximum absolute atomic E-state index is 12.5. The van der Waals surface area contributed by atoms with Gasteiger partial charge < -0.3 is 0 Å². The Morgan fingerprint density at radius 3 is 2.56 bits per heavy atom. The summed E-state index contributed by atoms with van der Waals surface area (Å²) in [6, 6.07) is 9.09. The molecule has 0 amide bonds. The molecule has 0 fully saturated rings. The summed E-state index contributed by atoms with van der Waals surface area (Å²) in [5, 5.41) is 8.59. The zero-order valence-corrected chi connectivity index (χ0v) is 9.74. The van der Waals surface area contributed by atoms with E-state index in [0.717, 1.165) is 12.0 Å². The Bertz CT molecular complexity index is 462. The Kier molecular flexibility index (Phi) is 3.58. The maximum Gasteiger partial charge on any atom is 0.405 e. The van der Waals surface area contributed by atoms with Gasteiger partial charge in [0.2, 0.25) is 0 Å². The molecule has 0 radical (unpaired) electrons. The van der Waals surface area contributed by atoms with Gasteiger partial charge in [0, 0.05) is 19.6 Å². The fourth-order valence-electron chi connectivity index (χ4n) is 2.19. The number of hydrogen-bond acceptors (Lipinski definition) is 2. The molecule has 0 saturated heterocycles. The van der Waals surface area contributed by atoms with Crippen molar-refractivity contribution in [3.8, 4) is 6.07 Å². The van der Waals surface area contributed by atoms with Gasteiger partial charge in [-0.25, -0.2) is 0 Å². The molecule has 0 spiro atoms. The molecule has 1 aromatic carbocycles. The summed E-state index contributed by atoms with van der Waals surface area (Å²) in [7, 11) is 0. The van der Waals surface area contributed by atoms with E-state index in [0.29, 0.717) is 13.1 Å². The summed E-state index contributed by atoms with van der Waals surface area (Å²) in [5.41, 5.74) is 2.25. The van der Waals surface area contributed by atoms with Crippen LogP contribution >= 0.6 is 0 Å². The molecule has 1 unspecified atom stereocenters. The summed E-state index contributed by atoms with van der Waals surface area (Å²) >= 11 is 0. The lowest BCUT2D eigenvalue weighted by atomic mass is 9.99. The molecule has 0 aromatic heterocycles. The molecule has 96 valence electrons. The minimum Gasteiger partial charge on any atom is -0.297 e. The Hall–Kier alpha value is -1.54. The molecule has 0 aliphatic carbocycles. The van der Waals surface area contributed by atoms with E-state index in [1.165, 1.54) is 11.6 Å². The number of fused-ring (bicyclic) bond motifs is 1. The standard InChI is InChI=1S/C13H13F3N2/c14-13(15,16)12(7-17)9-18-6-5-10-3-1-2-4-11(10)8-18/h1-4,12H,5-6,8-9H2. The van der Waals surface area contributed by atoms with Crippen LogP contribution in [0.25, 0.3) is 0 Å². The Morgan fingerprint density at radius 2 is 1.94 bits per heavy atom. The molecule has 2 nitrogen and oxygen atoms in total. The van der Waals surface area contributed by atoms with Crippen LogP contribution in [-0.4, -0.2) is 24.2 Å². The van der Waals surface area contributed by atoms with Crippen LogP contribution in [0.4, 0.5) is 13.2 Å². The average molecular weight is 254 g/mol. The number of halogens is 3. The second kappa shape index (κ2) is 4.99. The van der Waals surface area contributed by atoms with Crippen molar-refractivity contribution >= 4 is 0 Å². The Balaban J connectivity index is 2.04. The first-order valence-electron chi connectivity index (χ1n) is 5.76. The normalized spacial score (nSPS) is 17.9. The topological polar surface area (TPSA) is 27.0 Å². The van der Waals surface area contributed by atoms with Gasteiger partial charge in [0.15, 0.2) is 5.92 Å². The van der Waals surface area contributed by atoms with Crippen LogP contribution in [0, 0.1) is 17.2 Å². The van der Waals surface area contributed by atoms with E-state index in [-0.39, 0.29) is 6.54 Å². The summed E-state index contributed by atoms with van der Waals surface area (Å²) in [6.45, 7) is 0.823. The molecular formula is C13H13F3N2. The van der Waals surface area contributed by atoms with Gasteiger partial charge in [-0.05, 0) is 17.5 Å². The SMILES string of the molecule is N#CC(CN1CCc2ccccc2C1)C(F)(F)F. The predicted octanol–water partition coefficient (Wildman–Crippen LogP) is 2.75. The van der Waals surface area contributed by atoms with Crippen LogP contribution < -0.4 is 0 Å². The van der Waals surface area contributed by atoms with E-state index < -0.39 is 12.1 Å². The lowest BCUT2D eigenvalue weighted by Crippen LogP contribution is -2.38. The highest BCUT2D eigenvalue weighted by Crippen LogP contribution is 2.28. The molecule has 2 rings (SSSR count). The fraction of sp³-hybridized carbons (Fsp3) is 0.462. The monoisotopic (exact) mass is 254 g/mol. The van der Waals surface area contributed by atoms with E-state index in [1.807, 2.05) is 24.3 Å². The highest BCUT2D eigenvalue weighted by atomic mass is 19.4. The fourth-order valence-corrected chi connectivity index (χ4v) is 2.19. The second-order valence-corrected chi connectivity index (χ2v) is 4.48. The quantitative estimate of drug-likeness (QED) is 0.811. The number of nitrogens with zero attached hydrogens (tertiary/aromatic N) is 2. The van der Waals surface area contributed by atoms with Crippen LogP contribution in [0.15, 0.2) is 24.3 Å². The molecule has 18 heavy (non-hydrogen) atoms. The first-order valence-corrected chi connectivity index (χ1v) is 5.76. The van der Waals surface area contributed by atoms with Crippen molar-refractivity contribution in [2.45, 2.75) is 19.1 Å². The van der Waals surface area contributed by atoms with Crippen molar-refractivity contribution in [2.75, 3.05) is 13.1 Å². The van der Waals surface area contributed by atoms with Crippen LogP contribution in [0.3, 0.4) is 0 Å². The van der Waals surface area contributed by atoms with Gasteiger partial charge in [-0.15, -0.1) is 0 Å². The maximum atomic E-state index is 12.5. The van der Waals surface area contributed by atoms with Crippen molar-refractivity contribution in [3.63, 3.8) is 0 Å². The number of nitriles is 1. The second-order valence-electron chi connectivity index (χ2n) is 4.48. The number of rotatable bonds is 2. The molecule has 1 heterocycles. The van der Waals surface area contributed by atoms with Gasteiger partial charge >= 0.3 is 6.18 Å². The van der Waals surface area contributed by atoms with Crippen molar-refractivity contribution in [1.82, 2.24) is 4.90 Å². The van der Waals surface area contributed by atoms with E-state index in [2.05, 4.69) is 0 Å². The van der Waals surface area contributed by atoms with Crippen LogP contribution in [0.1, 0.15) is 11.1 Å². The van der Waals surface area contributed by atoms with Crippen LogP contribution in [0.2, 0.25) is 0 Å². The van der Waals surface area contributed by atoms with Crippen molar-refractivity contribution < 1.29 is 13.2 Å². The summed E-state index contributed by atoms with van der Waals surface area (Å²) in [4.78, 5) is 1.70. The Morgan fingerprint density at radius 1 is 1.28 bits per heavy atom. The highest BCUT2D eigenvalue weighted by molar-refractivity contribution is 5.29. The summed E-state index contributed by atoms with van der Waals surface area (Å²) in [5.74, 6) is -1.90. The number of benzene rings is 1. The Labute approximate surface area is 104 Å². The minimum atomic E-state index is -4.44. The molecule has 0 N–H and O–H groups in total. The zero-order valence-electron chi connectivity index (χ0n) is 9.74. The molecule has 1 atom stereocenters. The van der Waals surface area contributed by atoms with Gasteiger partial charge in [-0.3, -0.25) is 4.90 Å². The third-order valence-corrected chi connectivity index (χ3v) is 3.20. The summed E-state index contributed by atoms with van der Waals surface area (Å²) < 4.78 is 37.6. The molecule has 1 aromatic rings. The predicted molar refractivity (Wildman–Crippen MR) is 60.6 cm³/mol. The van der Waals surface area contributed by atoms with Gasteiger partial charge in [0.25, 0.3) is 0 Å². The van der Waals surface area contributed by atoms with Crippen LogP contribution in [-0.2, 0) is 13.0 Å². The molecule has 1 aliphatic rings. The van der Waals surface area contributed by atoms with E-state index in [1.54, 1.807) is 4.90 Å². The van der Waals surface area contributed by atoms with E-state index in [4.69, 9.17) is 5.26 Å². The molecule has 0 bridgehead atoms. The van der Waals surface area contributed by atoms with E-state index in [9.17, 15) is 13.2 Å². The average Bonchev–Trinajstić information content (AvgIpc) is 2.34. The third kappa shape index (κ3) is 2.82. The van der Waals surface area contributed by atoms with Gasteiger partial charge in [0.1, 0.15) is 0 Å². The van der Waals surface area contributed by atoms with Crippen LogP contribution in [0.5, 0.6) is 0 Å². The highest BCUT2D eigenvalue weighted by Gasteiger charge is 2.41.